The highest BCUT2D eigenvalue weighted by Gasteiger charge is 2.66. The first kappa shape index (κ1) is 13.5. The third kappa shape index (κ3) is 1.67. The van der Waals surface area contributed by atoms with E-state index in [0.29, 0.717) is 5.56 Å². The van der Waals surface area contributed by atoms with E-state index in [1.165, 1.54) is 11.0 Å². The van der Waals surface area contributed by atoms with Gasteiger partial charge in [0.1, 0.15) is 17.3 Å². The molecule has 5 nitrogen and oxygen atoms in total. The first-order chi connectivity index (χ1) is 10.5. The Morgan fingerprint density at radius 3 is 2.95 bits per heavy atom. The van der Waals surface area contributed by atoms with E-state index in [-0.39, 0.29) is 24.8 Å². The SMILES string of the molecule is O=C(O)[C@@H]1[C@H]2C=C[C@]3(CN(Cc4ccccc4F)C(=O)[C@@H]13)O2. The van der Waals surface area contributed by atoms with Crippen molar-refractivity contribution in [3.05, 3.63) is 47.8 Å². The molecule has 3 aliphatic rings. The molecular weight excluding hydrogens is 289 g/mol. The third-order valence-electron chi connectivity index (χ3n) is 4.78. The van der Waals surface area contributed by atoms with Crippen molar-refractivity contribution in [2.75, 3.05) is 6.54 Å². The van der Waals surface area contributed by atoms with E-state index in [1.54, 1.807) is 30.4 Å². The molecule has 0 radical (unpaired) electrons. The van der Waals surface area contributed by atoms with Crippen LogP contribution in [-0.4, -0.2) is 40.1 Å². The lowest BCUT2D eigenvalue weighted by Gasteiger charge is -2.21. The molecule has 0 saturated carbocycles. The number of likely N-dealkylation sites (tertiary alicyclic amines) is 1. The van der Waals surface area contributed by atoms with E-state index in [0.717, 1.165) is 0 Å². The van der Waals surface area contributed by atoms with Gasteiger partial charge in [0.25, 0.3) is 0 Å². The number of nitrogens with zero attached hydrogens (tertiary/aromatic N) is 1. The number of fused-ring (bicyclic) bond motifs is 1. The maximum atomic E-state index is 13.8. The number of aliphatic carboxylic acids is 1. The quantitative estimate of drug-likeness (QED) is 0.852. The molecule has 22 heavy (non-hydrogen) atoms. The van der Waals surface area contributed by atoms with Crippen LogP contribution in [0.15, 0.2) is 36.4 Å². The van der Waals surface area contributed by atoms with Crippen molar-refractivity contribution in [1.82, 2.24) is 4.90 Å². The van der Waals surface area contributed by atoms with Crippen molar-refractivity contribution in [3.8, 4) is 0 Å². The Balaban J connectivity index is 1.64. The van der Waals surface area contributed by atoms with Gasteiger partial charge in [0, 0.05) is 12.1 Å². The molecule has 1 aromatic rings. The number of benzene rings is 1. The minimum Gasteiger partial charge on any atom is -0.481 e. The molecule has 2 saturated heterocycles. The molecule has 1 amide bonds. The van der Waals surface area contributed by atoms with Crippen molar-refractivity contribution in [2.24, 2.45) is 11.8 Å². The average molecular weight is 303 g/mol. The Morgan fingerprint density at radius 2 is 2.23 bits per heavy atom. The van der Waals surface area contributed by atoms with Crippen LogP contribution in [0.3, 0.4) is 0 Å². The maximum Gasteiger partial charge on any atom is 0.310 e. The second-order valence-electron chi connectivity index (χ2n) is 6.02. The normalized spacial score (nSPS) is 35.2. The Hall–Kier alpha value is -2.21. The summed E-state index contributed by atoms with van der Waals surface area (Å²) in [6.45, 7) is 0.388. The molecule has 114 valence electrons. The highest BCUT2D eigenvalue weighted by molar-refractivity contribution is 5.90. The largest absolute Gasteiger partial charge is 0.481 e. The highest BCUT2D eigenvalue weighted by Crippen LogP contribution is 2.52. The van der Waals surface area contributed by atoms with Gasteiger partial charge < -0.3 is 14.7 Å². The van der Waals surface area contributed by atoms with Gasteiger partial charge >= 0.3 is 5.97 Å². The van der Waals surface area contributed by atoms with E-state index < -0.39 is 29.5 Å². The number of hydrogen-bond donors (Lipinski definition) is 1. The van der Waals surface area contributed by atoms with Crippen molar-refractivity contribution in [3.63, 3.8) is 0 Å². The fourth-order valence-corrected chi connectivity index (χ4v) is 3.83. The summed E-state index contributed by atoms with van der Waals surface area (Å²) in [6, 6.07) is 6.26. The molecule has 4 atom stereocenters. The van der Waals surface area contributed by atoms with Gasteiger partial charge in [0.2, 0.25) is 5.91 Å². The second kappa shape index (κ2) is 4.39. The maximum absolute atomic E-state index is 13.8. The van der Waals surface area contributed by atoms with E-state index in [9.17, 15) is 19.1 Å². The standard InChI is InChI=1S/C16H14FNO4/c17-10-4-2-1-3-9(10)7-18-8-16-6-5-11(22-16)12(15(20)21)13(16)14(18)19/h1-6,11-13H,7-8H2,(H,20,21)/t11-,12-,13-,16-/m1/s1. The summed E-state index contributed by atoms with van der Waals surface area (Å²) in [7, 11) is 0. The number of carbonyl (C=O) groups excluding carboxylic acids is 1. The molecule has 1 aromatic carbocycles. The van der Waals surface area contributed by atoms with E-state index >= 15 is 0 Å². The van der Waals surface area contributed by atoms with Gasteiger partial charge in [-0.1, -0.05) is 30.4 Å². The summed E-state index contributed by atoms with van der Waals surface area (Å²) < 4.78 is 19.6. The summed E-state index contributed by atoms with van der Waals surface area (Å²) in [5.41, 5.74) is -0.451. The fourth-order valence-electron chi connectivity index (χ4n) is 3.83. The average Bonchev–Trinajstić information content (AvgIpc) is 3.10. The van der Waals surface area contributed by atoms with Crippen molar-refractivity contribution in [1.29, 1.82) is 0 Å². The van der Waals surface area contributed by atoms with Crippen LogP contribution in [0.1, 0.15) is 5.56 Å². The van der Waals surface area contributed by atoms with Gasteiger partial charge in [-0.3, -0.25) is 9.59 Å². The number of carboxylic acid groups (broad SMARTS) is 1. The van der Waals surface area contributed by atoms with Gasteiger partial charge in [-0.2, -0.15) is 0 Å². The number of ether oxygens (including phenoxy) is 1. The summed E-state index contributed by atoms with van der Waals surface area (Å²) in [6.07, 6.45) is 2.97. The van der Waals surface area contributed by atoms with Crippen LogP contribution in [-0.2, 0) is 20.9 Å². The minimum atomic E-state index is -1.03. The lowest BCUT2D eigenvalue weighted by Crippen LogP contribution is -2.39. The van der Waals surface area contributed by atoms with E-state index in [4.69, 9.17) is 4.74 Å². The Bertz CT molecular complexity index is 703. The fraction of sp³-hybridized carbons (Fsp3) is 0.375. The highest BCUT2D eigenvalue weighted by atomic mass is 19.1. The summed E-state index contributed by atoms with van der Waals surface area (Å²) in [5.74, 6) is -3.25. The van der Waals surface area contributed by atoms with E-state index in [1.807, 2.05) is 0 Å². The molecule has 2 bridgehead atoms. The monoisotopic (exact) mass is 303 g/mol. The molecule has 0 aromatic heterocycles. The smallest absolute Gasteiger partial charge is 0.310 e. The molecule has 6 heteroatoms. The van der Waals surface area contributed by atoms with Crippen LogP contribution < -0.4 is 0 Å². The lowest BCUT2D eigenvalue weighted by atomic mass is 9.77. The van der Waals surface area contributed by atoms with E-state index in [2.05, 4.69) is 0 Å². The predicted molar refractivity (Wildman–Crippen MR) is 73.2 cm³/mol. The second-order valence-corrected chi connectivity index (χ2v) is 6.02. The van der Waals surface area contributed by atoms with Gasteiger partial charge in [0.05, 0.1) is 18.6 Å². The van der Waals surface area contributed by atoms with Crippen LogP contribution in [0.5, 0.6) is 0 Å². The summed E-state index contributed by atoms with van der Waals surface area (Å²) >= 11 is 0. The Morgan fingerprint density at radius 1 is 1.45 bits per heavy atom. The topological polar surface area (TPSA) is 66.8 Å². The Kier molecular flexibility index (Phi) is 2.69. The zero-order valence-corrected chi connectivity index (χ0v) is 11.6. The van der Waals surface area contributed by atoms with Gasteiger partial charge in [0.15, 0.2) is 0 Å². The van der Waals surface area contributed by atoms with Crippen molar-refractivity contribution >= 4 is 11.9 Å². The number of halogens is 1. The Labute approximate surface area is 126 Å². The molecule has 0 unspecified atom stereocenters. The van der Waals surface area contributed by atoms with Gasteiger partial charge in [-0.05, 0) is 6.07 Å². The van der Waals surface area contributed by atoms with Crippen LogP contribution in [0, 0.1) is 17.7 Å². The number of hydrogen-bond acceptors (Lipinski definition) is 3. The van der Waals surface area contributed by atoms with Gasteiger partial charge in [-0.15, -0.1) is 0 Å². The molecule has 1 spiro atoms. The van der Waals surface area contributed by atoms with Crippen LogP contribution in [0.4, 0.5) is 4.39 Å². The predicted octanol–water partition coefficient (Wildman–Crippen LogP) is 1.19. The number of carboxylic acids is 1. The number of carbonyl (C=O) groups is 2. The molecule has 1 N–H and O–H groups in total. The van der Waals surface area contributed by atoms with Gasteiger partial charge in [-0.25, -0.2) is 4.39 Å². The molecule has 4 rings (SSSR count). The summed E-state index contributed by atoms with van der Waals surface area (Å²) in [4.78, 5) is 25.6. The lowest BCUT2D eigenvalue weighted by molar-refractivity contribution is -0.148. The zero-order valence-electron chi connectivity index (χ0n) is 11.6. The third-order valence-corrected chi connectivity index (χ3v) is 4.78. The number of rotatable bonds is 3. The van der Waals surface area contributed by atoms with Crippen LogP contribution in [0.25, 0.3) is 0 Å². The molecule has 0 aliphatic carbocycles. The van der Waals surface area contributed by atoms with Crippen LogP contribution in [0.2, 0.25) is 0 Å². The van der Waals surface area contributed by atoms with Crippen molar-refractivity contribution in [2.45, 2.75) is 18.2 Å². The zero-order chi connectivity index (χ0) is 15.5. The first-order valence-corrected chi connectivity index (χ1v) is 7.14. The minimum absolute atomic E-state index is 0.123. The molecule has 2 fully saturated rings. The molecule has 3 aliphatic heterocycles. The van der Waals surface area contributed by atoms with Crippen molar-refractivity contribution < 1.29 is 23.8 Å². The first-order valence-electron chi connectivity index (χ1n) is 7.14. The summed E-state index contributed by atoms with van der Waals surface area (Å²) in [5, 5.41) is 9.37. The van der Waals surface area contributed by atoms with Crippen LogP contribution >= 0.6 is 0 Å². The molecule has 3 heterocycles. The molecular formula is C16H14FNO4. The number of amides is 1.